The molecule has 2 bridgehead atoms. The van der Waals surface area contributed by atoms with E-state index in [0.717, 1.165) is 24.0 Å². The molecule has 0 N–H and O–H groups in total. The second-order valence-corrected chi connectivity index (χ2v) is 8.33. The van der Waals surface area contributed by atoms with Crippen LogP contribution in [0.3, 0.4) is 0 Å². The molecule has 8 heteroatoms. The van der Waals surface area contributed by atoms with Crippen molar-refractivity contribution in [3.63, 3.8) is 0 Å². The first kappa shape index (κ1) is 18.7. The first-order chi connectivity index (χ1) is 14.6. The third-order valence-electron chi connectivity index (χ3n) is 6.78. The van der Waals surface area contributed by atoms with Gasteiger partial charge in [-0.15, -0.1) is 0 Å². The predicted molar refractivity (Wildman–Crippen MR) is 108 cm³/mol. The number of nitrogens with zero attached hydrogens (tertiary/aromatic N) is 6. The van der Waals surface area contributed by atoms with Crippen LogP contribution >= 0.6 is 0 Å². The Balaban J connectivity index is 1.67. The number of hydrogen-bond donors (Lipinski definition) is 0. The Hall–Kier alpha value is -3.29. The van der Waals surface area contributed by atoms with Crippen LogP contribution in [0.5, 0.6) is 5.88 Å². The van der Waals surface area contributed by atoms with Gasteiger partial charge in [0, 0.05) is 37.1 Å². The van der Waals surface area contributed by atoms with Crippen molar-refractivity contribution in [1.82, 2.24) is 29.9 Å². The van der Waals surface area contributed by atoms with Gasteiger partial charge >= 0.3 is 0 Å². The number of carbonyl (C=O) groups is 1. The lowest BCUT2D eigenvalue weighted by atomic mass is 9.63. The van der Waals surface area contributed by atoms with Gasteiger partial charge in [-0.2, -0.15) is 15.0 Å². The largest absolute Gasteiger partial charge is 0.475 e. The molecule has 0 aliphatic carbocycles. The van der Waals surface area contributed by atoms with Gasteiger partial charge < -0.3 is 9.64 Å². The zero-order valence-corrected chi connectivity index (χ0v) is 17.0. The smallest absolute Gasteiger partial charge is 0.213 e. The van der Waals surface area contributed by atoms with Crippen LogP contribution in [-0.4, -0.2) is 48.9 Å². The minimum atomic E-state index is -0.685. The van der Waals surface area contributed by atoms with Crippen LogP contribution in [0.25, 0.3) is 0 Å². The van der Waals surface area contributed by atoms with Gasteiger partial charge in [0.2, 0.25) is 12.3 Å². The van der Waals surface area contributed by atoms with Gasteiger partial charge in [0.25, 0.3) is 0 Å². The first-order valence-electron chi connectivity index (χ1n) is 10.2. The number of ether oxygens (including phenoxy) is 1. The van der Waals surface area contributed by atoms with Crippen LogP contribution in [0.1, 0.15) is 30.9 Å². The molecule has 0 aromatic carbocycles. The molecule has 0 spiro atoms. The van der Waals surface area contributed by atoms with E-state index >= 15 is 0 Å². The molecule has 8 nitrogen and oxygen atoms in total. The number of fused-ring (bicyclic) bond motifs is 2. The van der Waals surface area contributed by atoms with Crippen molar-refractivity contribution in [2.75, 3.05) is 6.61 Å². The zero-order chi connectivity index (χ0) is 20.8. The van der Waals surface area contributed by atoms with Crippen molar-refractivity contribution in [3.8, 4) is 5.88 Å². The van der Waals surface area contributed by atoms with E-state index in [1.54, 1.807) is 29.6 Å². The molecular weight excluding hydrogens is 380 g/mol. The molecule has 5 rings (SSSR count). The van der Waals surface area contributed by atoms with Crippen molar-refractivity contribution in [3.05, 3.63) is 66.4 Å². The fourth-order valence-electron chi connectivity index (χ4n) is 5.75. The van der Waals surface area contributed by atoms with E-state index in [1.807, 2.05) is 42.3 Å². The summed E-state index contributed by atoms with van der Waals surface area (Å²) >= 11 is 0. The summed E-state index contributed by atoms with van der Waals surface area (Å²) in [5.74, 6) is 0.716. The fraction of sp³-hybridized carbons (Fsp3) is 0.409. The molecule has 2 aliphatic rings. The Kier molecular flexibility index (Phi) is 4.30. The Bertz CT molecular complexity index is 1030. The van der Waals surface area contributed by atoms with Gasteiger partial charge in [0.15, 0.2) is 0 Å². The maximum Gasteiger partial charge on any atom is 0.213 e. The summed E-state index contributed by atoms with van der Waals surface area (Å²) in [6.45, 7) is 4.46. The SMILES string of the molecule is Cc1ccc(OCC2(n3nccn3)CC3CC(C)C2(c2cccnc2)N3C=O)nc1. The molecule has 0 saturated carbocycles. The van der Waals surface area contributed by atoms with Crippen molar-refractivity contribution >= 4 is 6.41 Å². The molecular formula is C22H24N6O2. The average molecular weight is 404 g/mol. The topological polar surface area (TPSA) is 86.0 Å². The Morgan fingerprint density at radius 2 is 2.03 bits per heavy atom. The second kappa shape index (κ2) is 6.90. The number of hydrogen-bond acceptors (Lipinski definition) is 6. The van der Waals surface area contributed by atoms with Crippen molar-refractivity contribution < 1.29 is 9.53 Å². The molecule has 2 aliphatic heterocycles. The number of amides is 1. The second-order valence-electron chi connectivity index (χ2n) is 8.33. The third-order valence-corrected chi connectivity index (χ3v) is 6.78. The molecule has 2 fully saturated rings. The third kappa shape index (κ3) is 2.42. The highest BCUT2D eigenvalue weighted by Crippen LogP contribution is 2.63. The van der Waals surface area contributed by atoms with E-state index in [2.05, 4.69) is 27.1 Å². The summed E-state index contributed by atoms with van der Waals surface area (Å²) < 4.78 is 6.24. The standard InChI is InChI=1S/C22H24N6O2/c1-16-5-6-20(24-12-16)30-14-21(28-25-8-9-26-28)11-19-10-17(2)22(21,27(19)15-29)18-4-3-7-23-13-18/h3-9,12-13,15,17,19H,10-11,14H2,1-2H3. The lowest BCUT2D eigenvalue weighted by Gasteiger charge is -2.49. The number of carbonyl (C=O) groups excluding carboxylic acids is 1. The number of pyridine rings is 2. The molecule has 0 radical (unpaired) electrons. The zero-order valence-electron chi connectivity index (χ0n) is 17.0. The summed E-state index contributed by atoms with van der Waals surface area (Å²) in [6, 6.07) is 7.87. The van der Waals surface area contributed by atoms with E-state index in [4.69, 9.17) is 4.74 Å². The Labute approximate surface area is 174 Å². The van der Waals surface area contributed by atoms with Gasteiger partial charge in [0.1, 0.15) is 17.7 Å². The number of aryl methyl sites for hydroxylation is 1. The highest BCUT2D eigenvalue weighted by molar-refractivity contribution is 5.56. The first-order valence-corrected chi connectivity index (χ1v) is 10.2. The van der Waals surface area contributed by atoms with Gasteiger partial charge in [-0.3, -0.25) is 9.78 Å². The average Bonchev–Trinajstić information content (AvgIpc) is 3.46. The highest BCUT2D eigenvalue weighted by Gasteiger charge is 2.72. The van der Waals surface area contributed by atoms with Gasteiger partial charge in [-0.05, 0) is 36.5 Å². The van der Waals surface area contributed by atoms with Crippen LogP contribution in [0.2, 0.25) is 0 Å². The van der Waals surface area contributed by atoms with Crippen molar-refractivity contribution in [2.45, 2.75) is 43.8 Å². The molecule has 3 aromatic heterocycles. The van der Waals surface area contributed by atoms with Crippen molar-refractivity contribution in [2.24, 2.45) is 5.92 Å². The molecule has 1 amide bonds. The summed E-state index contributed by atoms with van der Waals surface area (Å²) in [5, 5.41) is 9.06. The molecule has 4 atom stereocenters. The number of aromatic nitrogens is 5. The summed E-state index contributed by atoms with van der Waals surface area (Å²) in [5.41, 5.74) is 0.688. The van der Waals surface area contributed by atoms with Gasteiger partial charge in [0.05, 0.1) is 12.4 Å². The van der Waals surface area contributed by atoms with Crippen molar-refractivity contribution in [1.29, 1.82) is 0 Å². The van der Waals surface area contributed by atoms with E-state index in [-0.39, 0.29) is 18.6 Å². The lowest BCUT2D eigenvalue weighted by molar-refractivity contribution is -0.127. The Morgan fingerprint density at radius 1 is 1.20 bits per heavy atom. The lowest BCUT2D eigenvalue weighted by Crippen LogP contribution is -2.61. The molecule has 5 heterocycles. The molecule has 3 aromatic rings. The Morgan fingerprint density at radius 3 is 2.70 bits per heavy atom. The van der Waals surface area contributed by atoms with Crippen LogP contribution in [-0.2, 0) is 15.9 Å². The van der Waals surface area contributed by atoms with E-state index in [9.17, 15) is 4.79 Å². The predicted octanol–water partition coefficient (Wildman–Crippen LogP) is 2.32. The maximum absolute atomic E-state index is 12.4. The molecule has 30 heavy (non-hydrogen) atoms. The molecule has 154 valence electrons. The minimum absolute atomic E-state index is 0.0817. The molecule has 2 saturated heterocycles. The van der Waals surface area contributed by atoms with E-state index in [1.165, 1.54) is 0 Å². The van der Waals surface area contributed by atoms with Gasteiger partial charge in [-0.1, -0.05) is 19.1 Å². The summed E-state index contributed by atoms with van der Waals surface area (Å²) in [6.07, 6.45) is 11.3. The monoisotopic (exact) mass is 404 g/mol. The molecule has 4 unspecified atom stereocenters. The van der Waals surface area contributed by atoms with Crippen LogP contribution < -0.4 is 4.74 Å². The van der Waals surface area contributed by atoms with Crippen LogP contribution in [0.15, 0.2) is 55.2 Å². The van der Waals surface area contributed by atoms with E-state index < -0.39 is 11.1 Å². The number of rotatable bonds is 6. The van der Waals surface area contributed by atoms with Crippen LogP contribution in [0, 0.1) is 12.8 Å². The van der Waals surface area contributed by atoms with Gasteiger partial charge in [-0.25, -0.2) is 4.98 Å². The highest BCUT2D eigenvalue weighted by atomic mass is 16.5. The summed E-state index contributed by atoms with van der Waals surface area (Å²) in [7, 11) is 0. The normalized spacial score (nSPS) is 29.9. The fourth-order valence-corrected chi connectivity index (χ4v) is 5.75. The maximum atomic E-state index is 12.4. The van der Waals surface area contributed by atoms with Crippen LogP contribution in [0.4, 0.5) is 0 Å². The minimum Gasteiger partial charge on any atom is -0.475 e. The summed E-state index contributed by atoms with van der Waals surface area (Å²) in [4.78, 5) is 24.8. The van der Waals surface area contributed by atoms with E-state index in [0.29, 0.717) is 12.3 Å². The quantitative estimate of drug-likeness (QED) is 0.586.